The monoisotopic (exact) mass is 498 g/mol. The standard InChI is InChI=1S/C31H38N4O2/c1-31(2,3)19-29(36)33-28-10-8-21-5-6-23(18-27(21)28)30(37)34(4)25-12-15-35(16-13-25)26-9-7-24-20-32-14-11-22(24)17-26/h5-7,9,11,14,17-18,20,25,28H,8,10,12-13,15-16,19H2,1-4H3,(H,33,36). The maximum Gasteiger partial charge on any atom is 0.253 e. The maximum atomic E-state index is 13.5. The molecule has 5 rings (SSSR count). The fraction of sp³-hybridized carbons (Fsp3) is 0.452. The fourth-order valence-electron chi connectivity index (χ4n) is 5.76. The highest BCUT2D eigenvalue weighted by Gasteiger charge is 2.29. The molecule has 2 aromatic carbocycles. The van der Waals surface area contributed by atoms with Gasteiger partial charge in [0.1, 0.15) is 0 Å². The van der Waals surface area contributed by atoms with Crippen LogP contribution in [0.15, 0.2) is 54.9 Å². The fourth-order valence-corrected chi connectivity index (χ4v) is 5.76. The zero-order chi connectivity index (χ0) is 26.2. The second-order valence-corrected chi connectivity index (χ2v) is 11.9. The average molecular weight is 499 g/mol. The van der Waals surface area contributed by atoms with E-state index in [1.165, 1.54) is 16.6 Å². The highest BCUT2D eigenvalue weighted by atomic mass is 16.2. The number of piperidine rings is 1. The van der Waals surface area contributed by atoms with E-state index in [1.54, 1.807) is 0 Å². The largest absolute Gasteiger partial charge is 0.371 e. The molecule has 1 atom stereocenters. The summed E-state index contributed by atoms with van der Waals surface area (Å²) >= 11 is 0. The third-order valence-electron chi connectivity index (χ3n) is 7.82. The minimum absolute atomic E-state index is 0.0103. The zero-order valence-corrected chi connectivity index (χ0v) is 22.5. The van der Waals surface area contributed by atoms with Crippen LogP contribution in [0.1, 0.15) is 74.0 Å². The maximum absolute atomic E-state index is 13.5. The van der Waals surface area contributed by atoms with E-state index >= 15 is 0 Å². The van der Waals surface area contributed by atoms with E-state index in [0.717, 1.165) is 49.7 Å². The Bertz CT molecular complexity index is 1300. The van der Waals surface area contributed by atoms with Crippen LogP contribution in [-0.4, -0.2) is 47.9 Å². The molecule has 0 radical (unpaired) electrons. The summed E-state index contributed by atoms with van der Waals surface area (Å²) in [6.07, 6.45) is 7.93. The summed E-state index contributed by atoms with van der Waals surface area (Å²) in [5.41, 5.74) is 4.23. The molecule has 1 fully saturated rings. The minimum atomic E-state index is -0.0482. The van der Waals surface area contributed by atoms with Gasteiger partial charge in [-0.15, -0.1) is 0 Å². The lowest BCUT2D eigenvalue weighted by molar-refractivity contribution is -0.123. The van der Waals surface area contributed by atoms with E-state index in [2.05, 4.69) is 66.3 Å². The van der Waals surface area contributed by atoms with Crippen LogP contribution in [-0.2, 0) is 11.2 Å². The van der Waals surface area contributed by atoms with Gasteiger partial charge < -0.3 is 15.1 Å². The van der Waals surface area contributed by atoms with Gasteiger partial charge in [0.25, 0.3) is 5.91 Å². The van der Waals surface area contributed by atoms with Crippen LogP contribution < -0.4 is 10.2 Å². The predicted octanol–water partition coefficient (Wildman–Crippen LogP) is 5.52. The third-order valence-corrected chi connectivity index (χ3v) is 7.82. The average Bonchev–Trinajstić information content (AvgIpc) is 3.28. The first-order chi connectivity index (χ1) is 17.7. The van der Waals surface area contributed by atoms with Gasteiger partial charge in [0.2, 0.25) is 5.91 Å². The van der Waals surface area contributed by atoms with Gasteiger partial charge in [0.15, 0.2) is 0 Å². The van der Waals surface area contributed by atoms with Crippen LogP contribution in [0.2, 0.25) is 0 Å². The number of aryl methyl sites for hydroxylation is 1. The van der Waals surface area contributed by atoms with E-state index in [1.807, 2.05) is 36.5 Å². The molecule has 1 aromatic heterocycles. The van der Waals surface area contributed by atoms with Crippen molar-refractivity contribution >= 4 is 28.3 Å². The van der Waals surface area contributed by atoms with Crippen molar-refractivity contribution in [2.45, 2.75) is 65.0 Å². The summed E-state index contributed by atoms with van der Waals surface area (Å²) in [4.78, 5) is 34.6. The van der Waals surface area contributed by atoms with Crippen molar-refractivity contribution in [3.8, 4) is 0 Å². The van der Waals surface area contributed by atoms with Gasteiger partial charge >= 0.3 is 0 Å². The van der Waals surface area contributed by atoms with Gasteiger partial charge in [0, 0.05) is 61.6 Å². The molecule has 3 aromatic rings. The van der Waals surface area contributed by atoms with Gasteiger partial charge in [-0.1, -0.05) is 32.9 Å². The van der Waals surface area contributed by atoms with E-state index in [0.29, 0.717) is 12.0 Å². The van der Waals surface area contributed by atoms with Crippen LogP contribution in [0.3, 0.4) is 0 Å². The smallest absolute Gasteiger partial charge is 0.253 e. The number of amides is 2. The summed E-state index contributed by atoms with van der Waals surface area (Å²) < 4.78 is 0. The highest BCUT2D eigenvalue weighted by Crippen LogP contribution is 2.33. The molecule has 2 heterocycles. The molecule has 2 amide bonds. The van der Waals surface area contributed by atoms with Crippen molar-refractivity contribution in [3.63, 3.8) is 0 Å². The molecule has 0 spiro atoms. The molecule has 1 aliphatic carbocycles. The second kappa shape index (κ2) is 10.2. The Hall–Kier alpha value is -3.41. The van der Waals surface area contributed by atoms with Crippen molar-refractivity contribution in [3.05, 3.63) is 71.5 Å². The summed E-state index contributed by atoms with van der Waals surface area (Å²) in [6.45, 7) is 8.07. The normalized spacial score (nSPS) is 18.1. The molecule has 6 nitrogen and oxygen atoms in total. The number of anilines is 1. The van der Waals surface area contributed by atoms with E-state index in [4.69, 9.17) is 0 Å². The highest BCUT2D eigenvalue weighted by molar-refractivity contribution is 5.94. The number of rotatable bonds is 5. The van der Waals surface area contributed by atoms with Gasteiger partial charge in [-0.25, -0.2) is 0 Å². The topological polar surface area (TPSA) is 65.5 Å². The van der Waals surface area contributed by atoms with Crippen molar-refractivity contribution in [1.82, 2.24) is 15.2 Å². The summed E-state index contributed by atoms with van der Waals surface area (Å²) in [5, 5.41) is 5.56. The first-order valence-corrected chi connectivity index (χ1v) is 13.5. The molecule has 6 heteroatoms. The van der Waals surface area contributed by atoms with Crippen LogP contribution in [0, 0.1) is 5.41 Å². The lowest BCUT2D eigenvalue weighted by atomic mass is 9.91. The molecule has 1 N–H and O–H groups in total. The van der Waals surface area contributed by atoms with Crippen LogP contribution in [0.25, 0.3) is 10.8 Å². The number of hydrogen-bond donors (Lipinski definition) is 1. The van der Waals surface area contributed by atoms with Crippen LogP contribution in [0.5, 0.6) is 0 Å². The molecular formula is C31H38N4O2. The Morgan fingerprint density at radius 1 is 1.03 bits per heavy atom. The number of aromatic nitrogens is 1. The van der Waals surface area contributed by atoms with E-state index in [9.17, 15) is 9.59 Å². The summed E-state index contributed by atoms with van der Waals surface area (Å²) in [6, 6.07) is 14.8. The van der Waals surface area contributed by atoms with Crippen molar-refractivity contribution in [2.24, 2.45) is 5.41 Å². The summed E-state index contributed by atoms with van der Waals surface area (Å²) in [5.74, 6) is 0.139. The Morgan fingerprint density at radius 3 is 2.57 bits per heavy atom. The zero-order valence-electron chi connectivity index (χ0n) is 22.5. The quantitative estimate of drug-likeness (QED) is 0.503. The molecule has 1 saturated heterocycles. The molecule has 0 bridgehead atoms. The van der Waals surface area contributed by atoms with Gasteiger partial charge in [0.05, 0.1) is 6.04 Å². The minimum Gasteiger partial charge on any atom is -0.371 e. The van der Waals surface area contributed by atoms with Crippen LogP contribution in [0.4, 0.5) is 5.69 Å². The van der Waals surface area contributed by atoms with Gasteiger partial charge in [-0.05, 0) is 77.9 Å². The van der Waals surface area contributed by atoms with Crippen LogP contribution >= 0.6 is 0 Å². The first-order valence-electron chi connectivity index (χ1n) is 13.5. The molecule has 0 saturated carbocycles. The predicted molar refractivity (Wildman–Crippen MR) is 149 cm³/mol. The van der Waals surface area contributed by atoms with Gasteiger partial charge in [-0.3, -0.25) is 14.6 Å². The van der Waals surface area contributed by atoms with Crippen molar-refractivity contribution < 1.29 is 9.59 Å². The number of benzene rings is 2. The number of nitrogens with zero attached hydrogens (tertiary/aromatic N) is 3. The lowest BCUT2D eigenvalue weighted by Gasteiger charge is -2.38. The van der Waals surface area contributed by atoms with E-state index in [-0.39, 0.29) is 29.3 Å². The molecule has 1 unspecified atom stereocenters. The molecule has 37 heavy (non-hydrogen) atoms. The number of carbonyl (C=O) groups is 2. The Kier molecular flexibility index (Phi) is 6.93. The number of pyridine rings is 1. The van der Waals surface area contributed by atoms with E-state index < -0.39 is 0 Å². The summed E-state index contributed by atoms with van der Waals surface area (Å²) in [7, 11) is 1.93. The number of nitrogens with one attached hydrogen (secondary N) is 1. The Balaban J connectivity index is 1.22. The lowest BCUT2D eigenvalue weighted by Crippen LogP contribution is -2.45. The third kappa shape index (κ3) is 5.63. The molecular weight excluding hydrogens is 460 g/mol. The second-order valence-electron chi connectivity index (χ2n) is 11.9. The molecule has 194 valence electrons. The van der Waals surface area contributed by atoms with Crippen molar-refractivity contribution in [1.29, 1.82) is 0 Å². The SMILES string of the molecule is CN(C(=O)c1ccc2c(c1)C(NC(=O)CC(C)(C)C)CC2)C1CCN(c2ccc3cnccc3c2)CC1. The Labute approximate surface area is 220 Å². The number of hydrogen-bond acceptors (Lipinski definition) is 4. The number of carbonyl (C=O) groups excluding carboxylic acids is 2. The number of fused-ring (bicyclic) bond motifs is 2. The Morgan fingerprint density at radius 2 is 1.81 bits per heavy atom. The first kappa shape index (κ1) is 25.2. The van der Waals surface area contributed by atoms with Crippen molar-refractivity contribution in [2.75, 3.05) is 25.0 Å². The molecule has 2 aliphatic rings. The van der Waals surface area contributed by atoms with Gasteiger partial charge in [-0.2, -0.15) is 0 Å². The molecule has 1 aliphatic heterocycles.